The lowest BCUT2D eigenvalue weighted by Crippen LogP contribution is -2.26. The van der Waals surface area contributed by atoms with Crippen molar-refractivity contribution in [3.63, 3.8) is 0 Å². The van der Waals surface area contributed by atoms with Gasteiger partial charge >= 0.3 is 0 Å². The van der Waals surface area contributed by atoms with Crippen molar-refractivity contribution in [1.29, 1.82) is 0 Å². The molecule has 0 amide bonds. The topological polar surface area (TPSA) is 21.3 Å². The van der Waals surface area contributed by atoms with Gasteiger partial charge < -0.3 is 10.1 Å². The minimum absolute atomic E-state index is 0.159. The molecule has 0 aliphatic carbocycles. The van der Waals surface area contributed by atoms with Crippen molar-refractivity contribution in [2.24, 2.45) is 0 Å². The molecule has 0 aliphatic heterocycles. The molecule has 0 aliphatic rings. The van der Waals surface area contributed by atoms with Gasteiger partial charge in [-0.1, -0.05) is 48.5 Å². The molecule has 82 valence electrons. The van der Waals surface area contributed by atoms with E-state index in [0.717, 1.165) is 0 Å². The second kappa shape index (κ2) is 6.62. The minimum atomic E-state index is 0.159. The minimum Gasteiger partial charge on any atom is -0.383 e. The Bertz CT molecular complexity index is 300. The quantitative estimate of drug-likeness (QED) is 0.804. The molecule has 0 spiro atoms. The molecular formula is C12H16ClNO. The molecule has 0 bridgehead atoms. The Hall–Kier alpha value is -0.830. The second-order valence-electron chi connectivity index (χ2n) is 3.32. The number of nitrogens with one attached hydrogen (secondary N) is 1. The fourth-order valence-electron chi connectivity index (χ4n) is 1.36. The van der Waals surface area contributed by atoms with E-state index in [2.05, 4.69) is 24.0 Å². The predicted octanol–water partition coefficient (Wildman–Crippen LogP) is 2.72. The van der Waals surface area contributed by atoms with E-state index in [1.54, 1.807) is 7.11 Å². The standard InChI is InChI=1S/C12H16ClNO/c1-10(13)8-14-12(9-15-2)11-6-4-3-5-7-11/h3-7,12,14H,1,8-9H2,2H3. The van der Waals surface area contributed by atoms with Gasteiger partial charge in [0.1, 0.15) is 0 Å². The molecule has 1 unspecified atom stereocenters. The first-order valence-corrected chi connectivity index (χ1v) is 5.22. The fraction of sp³-hybridized carbons (Fsp3) is 0.333. The van der Waals surface area contributed by atoms with Crippen molar-refractivity contribution in [3.8, 4) is 0 Å². The smallest absolute Gasteiger partial charge is 0.0657 e. The highest BCUT2D eigenvalue weighted by atomic mass is 35.5. The Labute approximate surface area is 95.9 Å². The van der Waals surface area contributed by atoms with Gasteiger partial charge in [-0.25, -0.2) is 0 Å². The number of rotatable bonds is 6. The summed E-state index contributed by atoms with van der Waals surface area (Å²) in [7, 11) is 1.69. The molecule has 3 heteroatoms. The van der Waals surface area contributed by atoms with E-state index >= 15 is 0 Å². The highest BCUT2D eigenvalue weighted by Gasteiger charge is 2.09. The summed E-state index contributed by atoms with van der Waals surface area (Å²) in [6.07, 6.45) is 0. The zero-order valence-electron chi connectivity index (χ0n) is 8.87. The summed E-state index contributed by atoms with van der Waals surface area (Å²) >= 11 is 5.71. The van der Waals surface area contributed by atoms with Crippen LogP contribution in [0.15, 0.2) is 41.9 Å². The van der Waals surface area contributed by atoms with Crippen molar-refractivity contribution in [2.75, 3.05) is 20.3 Å². The first-order valence-electron chi connectivity index (χ1n) is 4.84. The van der Waals surface area contributed by atoms with E-state index in [1.165, 1.54) is 5.56 Å². The molecule has 0 aromatic heterocycles. The first kappa shape index (κ1) is 12.2. The largest absolute Gasteiger partial charge is 0.383 e. The maximum absolute atomic E-state index is 5.71. The normalized spacial score (nSPS) is 12.4. The SMILES string of the molecule is C=C(Cl)CNC(COC)c1ccccc1. The van der Waals surface area contributed by atoms with Gasteiger partial charge in [0.25, 0.3) is 0 Å². The fourth-order valence-corrected chi connectivity index (χ4v) is 1.44. The summed E-state index contributed by atoms with van der Waals surface area (Å²) in [6, 6.07) is 10.3. The molecule has 2 nitrogen and oxygen atoms in total. The van der Waals surface area contributed by atoms with Crippen molar-refractivity contribution in [2.45, 2.75) is 6.04 Å². The van der Waals surface area contributed by atoms with Crippen LogP contribution in [-0.2, 0) is 4.74 Å². The Kier molecular flexibility index (Phi) is 5.40. The van der Waals surface area contributed by atoms with E-state index in [0.29, 0.717) is 18.2 Å². The van der Waals surface area contributed by atoms with Gasteiger partial charge in [0.15, 0.2) is 0 Å². The van der Waals surface area contributed by atoms with Crippen molar-refractivity contribution in [3.05, 3.63) is 47.5 Å². The van der Waals surface area contributed by atoms with Gasteiger partial charge in [-0.05, 0) is 5.56 Å². The molecule has 0 saturated heterocycles. The maximum Gasteiger partial charge on any atom is 0.0657 e. The van der Waals surface area contributed by atoms with E-state index in [1.807, 2.05) is 18.2 Å². The first-order chi connectivity index (χ1) is 7.24. The van der Waals surface area contributed by atoms with Gasteiger partial charge in [-0.2, -0.15) is 0 Å². The molecule has 15 heavy (non-hydrogen) atoms. The van der Waals surface area contributed by atoms with E-state index in [-0.39, 0.29) is 6.04 Å². The van der Waals surface area contributed by atoms with Crippen molar-refractivity contribution < 1.29 is 4.74 Å². The average molecular weight is 226 g/mol. The van der Waals surface area contributed by atoms with Crippen molar-refractivity contribution >= 4 is 11.6 Å². The number of methoxy groups -OCH3 is 1. The molecule has 1 N–H and O–H groups in total. The zero-order chi connectivity index (χ0) is 11.1. The molecule has 0 heterocycles. The third kappa shape index (κ3) is 4.47. The van der Waals surface area contributed by atoms with Gasteiger partial charge in [0.2, 0.25) is 0 Å². The highest BCUT2D eigenvalue weighted by molar-refractivity contribution is 6.29. The summed E-state index contributed by atoms with van der Waals surface area (Å²) in [5.74, 6) is 0. The van der Waals surface area contributed by atoms with Crippen LogP contribution in [0.2, 0.25) is 0 Å². The van der Waals surface area contributed by atoms with Crippen LogP contribution in [-0.4, -0.2) is 20.3 Å². The summed E-state index contributed by atoms with van der Waals surface area (Å²) in [5.41, 5.74) is 1.19. The van der Waals surface area contributed by atoms with Gasteiger partial charge in [-0.15, -0.1) is 0 Å². The number of halogens is 1. The van der Waals surface area contributed by atoms with Crippen LogP contribution in [0.4, 0.5) is 0 Å². The Morgan fingerprint density at radius 2 is 2.13 bits per heavy atom. The molecular weight excluding hydrogens is 210 g/mol. The summed E-state index contributed by atoms with van der Waals surface area (Å²) in [4.78, 5) is 0. The van der Waals surface area contributed by atoms with Gasteiger partial charge in [0.05, 0.1) is 12.6 Å². The monoisotopic (exact) mass is 225 g/mol. The van der Waals surface area contributed by atoms with Crippen molar-refractivity contribution in [1.82, 2.24) is 5.32 Å². The molecule has 0 fully saturated rings. The van der Waals surface area contributed by atoms with Crippen LogP contribution in [0.25, 0.3) is 0 Å². The number of hydrogen-bond donors (Lipinski definition) is 1. The van der Waals surface area contributed by atoms with Crippen LogP contribution in [0.1, 0.15) is 11.6 Å². The maximum atomic E-state index is 5.71. The van der Waals surface area contributed by atoms with Crippen LogP contribution in [0.3, 0.4) is 0 Å². The number of benzene rings is 1. The van der Waals surface area contributed by atoms with E-state index in [4.69, 9.17) is 16.3 Å². The molecule has 0 saturated carbocycles. The third-order valence-corrected chi connectivity index (χ3v) is 2.21. The van der Waals surface area contributed by atoms with Crippen LogP contribution < -0.4 is 5.32 Å². The lowest BCUT2D eigenvalue weighted by atomic mass is 10.1. The Morgan fingerprint density at radius 3 is 2.67 bits per heavy atom. The average Bonchev–Trinajstić information content (AvgIpc) is 2.25. The Balaban J connectivity index is 2.61. The lowest BCUT2D eigenvalue weighted by molar-refractivity contribution is 0.168. The molecule has 1 aromatic rings. The predicted molar refractivity (Wildman–Crippen MR) is 64.1 cm³/mol. The van der Waals surface area contributed by atoms with Gasteiger partial charge in [0, 0.05) is 18.7 Å². The van der Waals surface area contributed by atoms with Crippen LogP contribution in [0.5, 0.6) is 0 Å². The summed E-state index contributed by atoms with van der Waals surface area (Å²) < 4.78 is 5.16. The molecule has 1 atom stereocenters. The van der Waals surface area contributed by atoms with Crippen LogP contribution in [0, 0.1) is 0 Å². The summed E-state index contributed by atoms with van der Waals surface area (Å²) in [6.45, 7) is 4.85. The number of ether oxygens (including phenoxy) is 1. The lowest BCUT2D eigenvalue weighted by Gasteiger charge is -2.17. The molecule has 1 rings (SSSR count). The zero-order valence-corrected chi connectivity index (χ0v) is 9.63. The second-order valence-corrected chi connectivity index (χ2v) is 3.85. The van der Waals surface area contributed by atoms with Gasteiger partial charge in [-0.3, -0.25) is 0 Å². The number of hydrogen-bond acceptors (Lipinski definition) is 2. The van der Waals surface area contributed by atoms with E-state index in [9.17, 15) is 0 Å². The Morgan fingerprint density at radius 1 is 1.47 bits per heavy atom. The van der Waals surface area contributed by atoms with E-state index < -0.39 is 0 Å². The molecule has 0 radical (unpaired) electrons. The summed E-state index contributed by atoms with van der Waals surface area (Å²) in [5, 5.41) is 3.88. The van der Waals surface area contributed by atoms with Crippen LogP contribution >= 0.6 is 11.6 Å². The molecule has 1 aromatic carbocycles. The third-order valence-electron chi connectivity index (χ3n) is 2.08. The highest BCUT2D eigenvalue weighted by Crippen LogP contribution is 2.13.